The number of carbonyl (C=O) groups excluding carboxylic acids is 2. The molecule has 0 bridgehead atoms. The number of nitrogen functional groups attached to an aromatic ring is 1. The summed E-state index contributed by atoms with van der Waals surface area (Å²) in [5.41, 5.74) is 18.8. The van der Waals surface area contributed by atoms with Crippen molar-refractivity contribution < 1.29 is 28.5 Å². The Hall–Kier alpha value is -5.67. The van der Waals surface area contributed by atoms with Gasteiger partial charge in [0.05, 0.1) is 36.0 Å². The Kier molecular flexibility index (Phi) is 8.88. The second-order valence-electron chi connectivity index (χ2n) is 11.3. The highest BCUT2D eigenvalue weighted by atomic mass is 79.9. The number of methoxy groups -OCH3 is 2. The van der Waals surface area contributed by atoms with Gasteiger partial charge in [-0.25, -0.2) is 4.79 Å². The first-order valence-electron chi connectivity index (χ1n) is 15.0. The number of anilines is 2. The van der Waals surface area contributed by atoms with E-state index in [2.05, 4.69) is 44.8 Å². The Bertz CT molecular complexity index is 1980. The first-order valence-corrected chi connectivity index (χ1v) is 15.8. The summed E-state index contributed by atoms with van der Waals surface area (Å²) in [6.45, 7) is 1.65. The predicted molar refractivity (Wildman–Crippen MR) is 184 cm³/mol. The van der Waals surface area contributed by atoms with Crippen LogP contribution in [0, 0.1) is 11.3 Å². The molecule has 2 aliphatic rings. The third kappa shape index (κ3) is 5.73. The minimum atomic E-state index is -0.968. The van der Waals surface area contributed by atoms with Crippen molar-refractivity contribution in [3.05, 3.63) is 111 Å². The molecular formula is C36H32BrN5O6. The maximum absolute atomic E-state index is 13.2. The molecule has 1 heterocycles. The molecule has 244 valence electrons. The molecule has 0 spiro atoms. The number of hydrogen-bond donors (Lipinski definition) is 4. The number of nitriles is 1. The number of nitrogens with zero attached hydrogens (tertiary/aromatic N) is 1. The number of amides is 2. The number of ether oxygens (including phenoxy) is 4. The summed E-state index contributed by atoms with van der Waals surface area (Å²) in [7, 11) is 3.03. The zero-order valence-corrected chi connectivity index (χ0v) is 27.9. The quantitative estimate of drug-likeness (QED) is 0.157. The maximum atomic E-state index is 13.2. The molecule has 2 amide bonds. The fourth-order valence-corrected chi connectivity index (χ4v) is 6.84. The average molecular weight is 711 g/mol. The van der Waals surface area contributed by atoms with Crippen LogP contribution >= 0.6 is 15.9 Å². The Labute approximate surface area is 285 Å². The molecule has 11 nitrogen and oxygen atoms in total. The predicted octanol–water partition coefficient (Wildman–Crippen LogP) is 6.13. The number of benzene rings is 4. The topological polar surface area (TPSA) is 171 Å². The number of nitrogens with one attached hydrogen (secondary N) is 2. The number of rotatable bonds is 8. The molecule has 6 N–H and O–H groups in total. The fraction of sp³-hybridized carbons (Fsp3) is 0.194. The molecule has 0 saturated carbocycles. The molecule has 4 aromatic rings. The van der Waals surface area contributed by atoms with Crippen molar-refractivity contribution in [1.82, 2.24) is 5.32 Å². The van der Waals surface area contributed by atoms with Gasteiger partial charge in [-0.2, -0.15) is 5.26 Å². The van der Waals surface area contributed by atoms with Crippen LogP contribution in [0.3, 0.4) is 0 Å². The van der Waals surface area contributed by atoms with Crippen molar-refractivity contribution in [2.75, 3.05) is 31.9 Å². The summed E-state index contributed by atoms with van der Waals surface area (Å²) in [5, 5.41) is 15.3. The first-order chi connectivity index (χ1) is 23.2. The summed E-state index contributed by atoms with van der Waals surface area (Å²) in [6.07, 6.45) is -0.730. The van der Waals surface area contributed by atoms with E-state index >= 15 is 0 Å². The molecule has 48 heavy (non-hydrogen) atoms. The van der Waals surface area contributed by atoms with Crippen LogP contribution in [0.4, 0.5) is 16.2 Å². The summed E-state index contributed by atoms with van der Waals surface area (Å²) < 4.78 is 23.0. The van der Waals surface area contributed by atoms with E-state index in [9.17, 15) is 14.9 Å². The minimum Gasteiger partial charge on any atom is -0.493 e. The van der Waals surface area contributed by atoms with Gasteiger partial charge in [-0.3, -0.25) is 4.79 Å². The van der Waals surface area contributed by atoms with E-state index in [1.165, 1.54) is 21.1 Å². The van der Waals surface area contributed by atoms with Crippen molar-refractivity contribution in [2.45, 2.75) is 24.8 Å². The number of halogens is 1. The lowest BCUT2D eigenvalue weighted by molar-refractivity contribution is -0.117. The van der Waals surface area contributed by atoms with E-state index in [1.54, 1.807) is 24.3 Å². The maximum Gasteiger partial charge on any atom is 0.407 e. The Morgan fingerprint density at radius 2 is 1.65 bits per heavy atom. The van der Waals surface area contributed by atoms with Crippen molar-refractivity contribution in [2.24, 2.45) is 5.73 Å². The normalized spacial score (nSPS) is 15.2. The van der Waals surface area contributed by atoms with Crippen LogP contribution in [0.2, 0.25) is 0 Å². The monoisotopic (exact) mass is 709 g/mol. The van der Waals surface area contributed by atoms with Gasteiger partial charge in [0.15, 0.2) is 17.2 Å². The van der Waals surface area contributed by atoms with Crippen molar-refractivity contribution in [1.29, 1.82) is 5.26 Å². The van der Waals surface area contributed by atoms with E-state index in [4.69, 9.17) is 30.4 Å². The van der Waals surface area contributed by atoms with Gasteiger partial charge in [0.2, 0.25) is 11.8 Å². The van der Waals surface area contributed by atoms with Gasteiger partial charge < -0.3 is 41.0 Å². The largest absolute Gasteiger partial charge is 0.493 e. The summed E-state index contributed by atoms with van der Waals surface area (Å²) >= 11 is 3.51. The van der Waals surface area contributed by atoms with E-state index in [0.717, 1.165) is 22.3 Å². The summed E-state index contributed by atoms with van der Waals surface area (Å²) in [4.78, 5) is 26.0. The zero-order chi connectivity index (χ0) is 34.1. The first kappa shape index (κ1) is 32.3. The highest BCUT2D eigenvalue weighted by molar-refractivity contribution is 9.10. The van der Waals surface area contributed by atoms with E-state index in [-0.39, 0.29) is 41.1 Å². The van der Waals surface area contributed by atoms with Crippen molar-refractivity contribution in [3.63, 3.8) is 0 Å². The van der Waals surface area contributed by atoms with Gasteiger partial charge >= 0.3 is 6.09 Å². The lowest BCUT2D eigenvalue weighted by Gasteiger charge is -2.29. The molecule has 12 heteroatoms. The van der Waals surface area contributed by atoms with Crippen LogP contribution < -0.4 is 36.3 Å². The van der Waals surface area contributed by atoms with Crippen LogP contribution in [-0.4, -0.2) is 38.9 Å². The number of allylic oxidation sites excluding steroid dienone is 1. The lowest BCUT2D eigenvalue weighted by Crippen LogP contribution is -2.42. The fourth-order valence-electron chi connectivity index (χ4n) is 6.22. The smallest absolute Gasteiger partial charge is 0.407 e. The lowest BCUT2D eigenvalue weighted by atomic mass is 9.83. The molecule has 1 aliphatic heterocycles. The number of fused-ring (bicyclic) bond motifs is 4. The third-order valence-corrected chi connectivity index (χ3v) is 9.13. The summed E-state index contributed by atoms with van der Waals surface area (Å²) in [6, 6.07) is 24.1. The Morgan fingerprint density at radius 1 is 0.979 bits per heavy atom. The van der Waals surface area contributed by atoms with Gasteiger partial charge in [-0.05, 0) is 68.9 Å². The molecule has 2 atom stereocenters. The summed E-state index contributed by atoms with van der Waals surface area (Å²) in [5.74, 6) is -0.306. The highest BCUT2D eigenvalue weighted by Gasteiger charge is 2.34. The van der Waals surface area contributed by atoms with Crippen LogP contribution in [0.25, 0.3) is 11.1 Å². The van der Waals surface area contributed by atoms with Crippen molar-refractivity contribution in [3.8, 4) is 34.4 Å². The van der Waals surface area contributed by atoms with E-state index < -0.39 is 24.0 Å². The van der Waals surface area contributed by atoms with Gasteiger partial charge in [0.1, 0.15) is 24.3 Å². The Balaban J connectivity index is 1.17. The average Bonchev–Trinajstić information content (AvgIpc) is 3.41. The van der Waals surface area contributed by atoms with E-state index in [1.807, 2.05) is 36.4 Å². The zero-order valence-electron chi connectivity index (χ0n) is 26.3. The van der Waals surface area contributed by atoms with Gasteiger partial charge in [0, 0.05) is 11.5 Å². The number of carbonyl (C=O) groups is 2. The number of nitrogens with two attached hydrogens (primary N) is 2. The van der Waals surface area contributed by atoms with Gasteiger partial charge in [0.25, 0.3) is 0 Å². The van der Waals surface area contributed by atoms with Crippen LogP contribution in [0.15, 0.2) is 88.7 Å². The minimum absolute atomic E-state index is 0.0960. The molecule has 0 aromatic heterocycles. The molecule has 6 rings (SSSR count). The second kappa shape index (κ2) is 13.2. The van der Waals surface area contributed by atoms with E-state index in [0.29, 0.717) is 27.1 Å². The second-order valence-corrected chi connectivity index (χ2v) is 12.1. The molecule has 0 radical (unpaired) electrons. The van der Waals surface area contributed by atoms with Gasteiger partial charge in [-0.15, -0.1) is 0 Å². The van der Waals surface area contributed by atoms with Gasteiger partial charge in [-0.1, -0.05) is 54.6 Å². The number of hydrogen-bond acceptors (Lipinski definition) is 9. The molecule has 4 aromatic carbocycles. The molecular weight excluding hydrogens is 678 g/mol. The SMILES string of the molecule is COc1cc([C@H]2C(C#N)=C(N)Oc3c2ccc(NC(=O)[C@H](C)NC(=O)OCC2c4ccccc4-c4ccccc42)c3N)cc(Br)c1OC. The van der Waals surface area contributed by atoms with Crippen LogP contribution in [-0.2, 0) is 9.53 Å². The standard InChI is InChI=1S/C36H32BrN5O6/c1-18(41-36(44)47-17-26-22-10-6-4-8-20(22)21-9-5-7-11-23(21)26)35(43)42-28-13-12-24-30(25(16-38)34(40)48-32(24)31(28)39)19-14-27(37)33(46-3)29(15-19)45-2/h4-15,18,26,30H,17,39-40H2,1-3H3,(H,41,44)(H,42,43)/t18-,30+/m0/s1. The highest BCUT2D eigenvalue weighted by Crippen LogP contribution is 2.49. The molecule has 0 fully saturated rings. The van der Waals surface area contributed by atoms with Crippen molar-refractivity contribution >= 4 is 39.3 Å². The van der Waals surface area contributed by atoms with Crippen LogP contribution in [0.5, 0.6) is 17.2 Å². The molecule has 1 aliphatic carbocycles. The third-order valence-electron chi connectivity index (χ3n) is 8.54. The van der Waals surface area contributed by atoms with Crippen LogP contribution in [0.1, 0.15) is 41.0 Å². The number of alkyl carbamates (subject to hydrolysis) is 1. The molecule has 0 saturated heterocycles. The Morgan fingerprint density at radius 3 is 2.27 bits per heavy atom. The molecule has 0 unspecified atom stereocenters.